The van der Waals surface area contributed by atoms with Crippen LogP contribution in [0.1, 0.15) is 36.0 Å². The molecule has 5 aromatic carbocycles. The SMILES string of the molecule is C1=CC(c2cc3c4ccccc4n(-c4ccccc4)c3cc2NC2=CCC(C(/N=C/c3ccccc3)NCc3ccccc3)C=C2)=CCC1. The van der Waals surface area contributed by atoms with E-state index in [1.54, 1.807) is 0 Å². The van der Waals surface area contributed by atoms with Crippen molar-refractivity contribution in [1.29, 1.82) is 0 Å². The number of rotatable bonds is 10. The molecule has 0 aliphatic heterocycles. The summed E-state index contributed by atoms with van der Waals surface area (Å²) in [6, 6.07) is 45.0. The first kappa shape index (κ1) is 30.6. The van der Waals surface area contributed by atoms with Crippen molar-refractivity contribution in [3.05, 3.63) is 186 Å². The normalized spacial score (nSPS) is 16.6. The Labute approximate surface area is 288 Å². The van der Waals surface area contributed by atoms with Crippen LogP contribution in [0.15, 0.2) is 175 Å². The van der Waals surface area contributed by atoms with E-state index in [2.05, 4.69) is 173 Å². The van der Waals surface area contributed by atoms with Crippen LogP contribution in [-0.4, -0.2) is 16.9 Å². The number of para-hydroxylation sites is 2. The molecule has 4 nitrogen and oxygen atoms in total. The Hall–Kier alpha value is -5.71. The van der Waals surface area contributed by atoms with Gasteiger partial charge in [-0.05, 0) is 72.4 Å². The van der Waals surface area contributed by atoms with E-state index < -0.39 is 0 Å². The Bertz CT molecular complexity index is 2220. The minimum atomic E-state index is -0.0551. The molecule has 2 unspecified atom stereocenters. The second-order valence-corrected chi connectivity index (χ2v) is 12.8. The standard InChI is InChI=1S/C45H40N4/c1-5-15-33(16-6-1)31-46-45(47-32-34-17-7-2-8-18-34)36-25-27-37(28-26-36)48-42-30-44-41(29-40(42)35-19-9-3-10-20-35)39-23-13-14-24-43(39)49(44)38-21-11-4-12-22-38/h1-2,4-9,11-25,27-31,36,45,47-48H,3,10,26,32H2/b46-31+. The molecule has 4 heteroatoms. The van der Waals surface area contributed by atoms with Crippen LogP contribution < -0.4 is 10.6 Å². The number of allylic oxidation sites excluding steroid dienone is 6. The topological polar surface area (TPSA) is 41.4 Å². The number of hydrogen-bond donors (Lipinski definition) is 2. The lowest BCUT2D eigenvalue weighted by Crippen LogP contribution is -2.34. The molecule has 0 saturated carbocycles. The van der Waals surface area contributed by atoms with Crippen LogP contribution in [0.25, 0.3) is 33.1 Å². The van der Waals surface area contributed by atoms with Gasteiger partial charge in [0.25, 0.3) is 0 Å². The molecular weight excluding hydrogens is 597 g/mol. The van der Waals surface area contributed by atoms with Crippen molar-refractivity contribution in [3.63, 3.8) is 0 Å². The number of anilines is 1. The van der Waals surface area contributed by atoms with Crippen LogP contribution in [0.4, 0.5) is 5.69 Å². The highest BCUT2D eigenvalue weighted by Crippen LogP contribution is 2.39. The van der Waals surface area contributed by atoms with Crippen LogP contribution in [0.3, 0.4) is 0 Å². The highest BCUT2D eigenvalue weighted by atomic mass is 15.1. The first-order chi connectivity index (χ1) is 24.3. The molecule has 2 aliphatic carbocycles. The van der Waals surface area contributed by atoms with E-state index in [1.165, 1.54) is 38.5 Å². The Morgan fingerprint density at radius 3 is 2.24 bits per heavy atom. The van der Waals surface area contributed by atoms with E-state index in [0.29, 0.717) is 0 Å². The third-order valence-electron chi connectivity index (χ3n) is 9.49. The van der Waals surface area contributed by atoms with E-state index in [0.717, 1.165) is 48.4 Å². The van der Waals surface area contributed by atoms with Gasteiger partial charge < -0.3 is 9.88 Å². The summed E-state index contributed by atoms with van der Waals surface area (Å²) in [6.07, 6.45) is 18.8. The summed E-state index contributed by atoms with van der Waals surface area (Å²) in [4.78, 5) is 5.06. The molecule has 1 aromatic heterocycles. The molecule has 8 rings (SSSR count). The van der Waals surface area contributed by atoms with Gasteiger partial charge in [-0.3, -0.25) is 10.3 Å². The van der Waals surface area contributed by atoms with Crippen molar-refractivity contribution >= 4 is 39.3 Å². The molecule has 2 aliphatic rings. The maximum atomic E-state index is 5.06. The smallest absolute Gasteiger partial charge is 0.106 e. The second-order valence-electron chi connectivity index (χ2n) is 12.8. The van der Waals surface area contributed by atoms with E-state index in [4.69, 9.17) is 4.99 Å². The van der Waals surface area contributed by atoms with Gasteiger partial charge in [0.15, 0.2) is 0 Å². The molecule has 0 amide bonds. The van der Waals surface area contributed by atoms with Crippen molar-refractivity contribution in [1.82, 2.24) is 9.88 Å². The average molecular weight is 637 g/mol. The molecule has 240 valence electrons. The van der Waals surface area contributed by atoms with Crippen molar-refractivity contribution in [2.75, 3.05) is 5.32 Å². The van der Waals surface area contributed by atoms with E-state index in [1.807, 2.05) is 12.3 Å². The highest BCUT2D eigenvalue weighted by molar-refractivity contribution is 6.11. The number of aliphatic imine (C=N–C) groups is 1. The zero-order valence-corrected chi connectivity index (χ0v) is 27.5. The quantitative estimate of drug-likeness (QED) is 0.147. The van der Waals surface area contributed by atoms with Gasteiger partial charge in [-0.2, -0.15) is 0 Å². The molecule has 6 aromatic rings. The minimum absolute atomic E-state index is 0.0551. The fourth-order valence-corrected chi connectivity index (χ4v) is 6.98. The lowest BCUT2D eigenvalue weighted by Gasteiger charge is -2.25. The summed E-state index contributed by atoms with van der Waals surface area (Å²) in [7, 11) is 0. The summed E-state index contributed by atoms with van der Waals surface area (Å²) < 4.78 is 2.39. The Kier molecular flexibility index (Phi) is 8.86. The molecule has 0 fully saturated rings. The average Bonchev–Trinajstić information content (AvgIpc) is 3.49. The highest BCUT2D eigenvalue weighted by Gasteiger charge is 2.21. The van der Waals surface area contributed by atoms with Gasteiger partial charge in [0.1, 0.15) is 6.17 Å². The summed E-state index contributed by atoms with van der Waals surface area (Å²) in [5, 5.41) is 10.1. The summed E-state index contributed by atoms with van der Waals surface area (Å²) in [6.45, 7) is 0.762. The maximum Gasteiger partial charge on any atom is 0.106 e. The lowest BCUT2D eigenvalue weighted by atomic mass is 9.94. The number of aromatic nitrogens is 1. The van der Waals surface area contributed by atoms with Gasteiger partial charge in [-0.15, -0.1) is 0 Å². The molecule has 0 saturated heterocycles. The number of nitrogens with one attached hydrogen (secondary N) is 2. The van der Waals surface area contributed by atoms with E-state index in [9.17, 15) is 0 Å². The third-order valence-corrected chi connectivity index (χ3v) is 9.49. The monoisotopic (exact) mass is 636 g/mol. The second kappa shape index (κ2) is 14.2. The molecular formula is C45H40N4. The van der Waals surface area contributed by atoms with Crippen LogP contribution in [0.5, 0.6) is 0 Å². The molecule has 0 bridgehead atoms. The minimum Gasteiger partial charge on any atom is -0.355 e. The van der Waals surface area contributed by atoms with Crippen LogP contribution in [0.2, 0.25) is 0 Å². The van der Waals surface area contributed by atoms with Gasteiger partial charge in [0.2, 0.25) is 0 Å². The number of benzene rings is 5. The van der Waals surface area contributed by atoms with Crippen molar-refractivity contribution < 1.29 is 0 Å². The Balaban J connectivity index is 1.12. The zero-order chi connectivity index (χ0) is 32.8. The van der Waals surface area contributed by atoms with Crippen molar-refractivity contribution in [3.8, 4) is 5.69 Å². The largest absolute Gasteiger partial charge is 0.355 e. The van der Waals surface area contributed by atoms with E-state index in [-0.39, 0.29) is 12.1 Å². The summed E-state index contributed by atoms with van der Waals surface area (Å²) in [5.74, 6) is 0.223. The summed E-state index contributed by atoms with van der Waals surface area (Å²) >= 11 is 0. The van der Waals surface area contributed by atoms with Crippen LogP contribution in [0, 0.1) is 5.92 Å². The first-order valence-corrected chi connectivity index (χ1v) is 17.3. The zero-order valence-electron chi connectivity index (χ0n) is 27.5. The Morgan fingerprint density at radius 1 is 0.735 bits per heavy atom. The van der Waals surface area contributed by atoms with Gasteiger partial charge in [0.05, 0.1) is 11.0 Å². The maximum absolute atomic E-state index is 5.06. The predicted octanol–water partition coefficient (Wildman–Crippen LogP) is 10.6. The molecule has 1 heterocycles. The molecule has 49 heavy (non-hydrogen) atoms. The molecule has 0 radical (unpaired) electrons. The third kappa shape index (κ3) is 6.69. The summed E-state index contributed by atoms with van der Waals surface area (Å²) in [5.41, 5.74) is 10.6. The Morgan fingerprint density at radius 2 is 1.49 bits per heavy atom. The number of hydrogen-bond acceptors (Lipinski definition) is 3. The first-order valence-electron chi connectivity index (χ1n) is 17.3. The van der Waals surface area contributed by atoms with Crippen molar-refractivity contribution in [2.45, 2.75) is 32.0 Å². The number of fused-ring (bicyclic) bond motifs is 3. The lowest BCUT2D eigenvalue weighted by molar-refractivity contribution is 0.420. The van der Waals surface area contributed by atoms with Crippen LogP contribution >= 0.6 is 0 Å². The van der Waals surface area contributed by atoms with E-state index >= 15 is 0 Å². The van der Waals surface area contributed by atoms with Gasteiger partial charge in [-0.1, -0.05) is 127 Å². The molecule has 0 spiro atoms. The fourth-order valence-electron chi connectivity index (χ4n) is 6.98. The van der Waals surface area contributed by atoms with Gasteiger partial charge >= 0.3 is 0 Å². The molecule has 2 N–H and O–H groups in total. The number of nitrogens with zero attached hydrogens (tertiary/aromatic N) is 2. The molecule has 2 atom stereocenters. The van der Waals surface area contributed by atoms with Gasteiger partial charge in [-0.25, -0.2) is 0 Å². The predicted molar refractivity (Wildman–Crippen MR) is 207 cm³/mol. The van der Waals surface area contributed by atoms with Crippen molar-refractivity contribution in [2.24, 2.45) is 10.9 Å². The fraction of sp³-hybridized carbons (Fsp3) is 0.133. The van der Waals surface area contributed by atoms with Gasteiger partial charge in [0, 0.05) is 52.1 Å². The van der Waals surface area contributed by atoms with Crippen LogP contribution in [-0.2, 0) is 6.54 Å².